The lowest BCUT2D eigenvalue weighted by molar-refractivity contribution is -0.101. The molecule has 1 aromatic heterocycles. The van der Waals surface area contributed by atoms with Gasteiger partial charge >= 0.3 is 5.97 Å². The molecule has 0 radical (unpaired) electrons. The predicted octanol–water partition coefficient (Wildman–Crippen LogP) is 2.09. The number of hydrogen-bond acceptors (Lipinski definition) is 6. The lowest BCUT2D eigenvalue weighted by Gasteiger charge is -2.19. The van der Waals surface area contributed by atoms with Crippen LogP contribution >= 0.6 is 0 Å². The third kappa shape index (κ3) is 3.29. The molecular formula is C17H17N3O5. The van der Waals surface area contributed by atoms with Crippen molar-refractivity contribution in [3.63, 3.8) is 0 Å². The van der Waals surface area contributed by atoms with Gasteiger partial charge in [-0.3, -0.25) is 19.5 Å². The Labute approximate surface area is 143 Å². The summed E-state index contributed by atoms with van der Waals surface area (Å²) in [6.45, 7) is 5.05. The van der Waals surface area contributed by atoms with Crippen molar-refractivity contribution in [1.29, 1.82) is 0 Å². The van der Waals surface area contributed by atoms with Crippen LogP contribution in [0.25, 0.3) is 0 Å². The zero-order chi connectivity index (χ0) is 18.2. The molecule has 0 saturated heterocycles. The maximum Gasteiger partial charge on any atom is 0.357 e. The summed E-state index contributed by atoms with van der Waals surface area (Å²) in [4.78, 5) is 42.0. The third-order valence-corrected chi connectivity index (χ3v) is 3.43. The second-order valence-corrected chi connectivity index (χ2v) is 6.50. The summed E-state index contributed by atoms with van der Waals surface area (Å²) in [7, 11) is 0. The van der Waals surface area contributed by atoms with Crippen LogP contribution in [0.1, 0.15) is 57.5 Å². The largest absolute Gasteiger partial charge is 0.455 e. The van der Waals surface area contributed by atoms with Gasteiger partial charge in [-0.15, -0.1) is 5.06 Å². The van der Waals surface area contributed by atoms with Crippen LogP contribution in [0, 0.1) is 0 Å². The number of aromatic amines is 1. The number of fused-ring (bicyclic) bond motifs is 1. The van der Waals surface area contributed by atoms with E-state index >= 15 is 0 Å². The minimum absolute atomic E-state index is 0.117. The van der Waals surface area contributed by atoms with Gasteiger partial charge in [0.1, 0.15) is 17.9 Å². The van der Waals surface area contributed by atoms with Crippen molar-refractivity contribution in [2.24, 2.45) is 0 Å². The molecule has 0 unspecified atom stereocenters. The molecule has 0 saturated carbocycles. The van der Waals surface area contributed by atoms with Crippen molar-refractivity contribution in [2.45, 2.75) is 33.0 Å². The van der Waals surface area contributed by atoms with Gasteiger partial charge in [-0.1, -0.05) is 12.1 Å². The van der Waals surface area contributed by atoms with Crippen molar-refractivity contribution < 1.29 is 24.0 Å². The molecule has 1 aromatic carbocycles. The summed E-state index contributed by atoms with van der Waals surface area (Å²) < 4.78 is 5.27. The molecular weight excluding hydrogens is 326 g/mol. The van der Waals surface area contributed by atoms with Gasteiger partial charge in [0.05, 0.1) is 17.3 Å². The summed E-state index contributed by atoms with van der Waals surface area (Å²) in [5, 5.41) is 7.04. The Morgan fingerprint density at radius 1 is 1.16 bits per heavy atom. The van der Waals surface area contributed by atoms with Gasteiger partial charge in [0.25, 0.3) is 11.8 Å². The van der Waals surface area contributed by atoms with Crippen LogP contribution in [0.15, 0.2) is 30.5 Å². The monoisotopic (exact) mass is 343 g/mol. The second-order valence-electron chi connectivity index (χ2n) is 6.50. The fourth-order valence-corrected chi connectivity index (χ4v) is 2.34. The van der Waals surface area contributed by atoms with Gasteiger partial charge in [-0.25, -0.2) is 4.79 Å². The molecule has 0 fully saturated rings. The van der Waals surface area contributed by atoms with Crippen LogP contribution in [-0.4, -0.2) is 38.6 Å². The van der Waals surface area contributed by atoms with Gasteiger partial charge in [0.2, 0.25) is 0 Å². The van der Waals surface area contributed by atoms with Crippen molar-refractivity contribution in [2.75, 3.05) is 0 Å². The molecule has 1 aliphatic heterocycles. The van der Waals surface area contributed by atoms with E-state index in [1.165, 1.54) is 6.20 Å². The molecule has 2 aromatic rings. The molecule has 0 atom stereocenters. The number of amides is 2. The molecule has 2 amide bonds. The van der Waals surface area contributed by atoms with Gasteiger partial charge in [-0.05, 0) is 32.9 Å². The Bertz CT molecular complexity index is 815. The maximum atomic E-state index is 12.2. The van der Waals surface area contributed by atoms with Gasteiger partial charge in [0, 0.05) is 5.56 Å². The fourth-order valence-electron chi connectivity index (χ4n) is 2.34. The first-order chi connectivity index (χ1) is 11.8. The quantitative estimate of drug-likeness (QED) is 0.674. The molecule has 25 heavy (non-hydrogen) atoms. The Hall–Kier alpha value is -3.00. The fraction of sp³-hybridized carbons (Fsp3) is 0.294. The van der Waals surface area contributed by atoms with Gasteiger partial charge in [0.15, 0.2) is 0 Å². The number of hydroxylamine groups is 2. The summed E-state index contributed by atoms with van der Waals surface area (Å²) >= 11 is 0. The first-order valence-corrected chi connectivity index (χ1v) is 7.64. The highest BCUT2D eigenvalue weighted by Gasteiger charge is 2.36. The number of benzene rings is 1. The van der Waals surface area contributed by atoms with Crippen molar-refractivity contribution in [3.05, 3.63) is 52.8 Å². The number of carbonyl (C=O) groups is 3. The highest BCUT2D eigenvalue weighted by molar-refractivity contribution is 6.20. The highest BCUT2D eigenvalue weighted by atomic mass is 16.7. The van der Waals surface area contributed by atoms with Crippen molar-refractivity contribution >= 4 is 17.8 Å². The first kappa shape index (κ1) is 16.8. The number of rotatable bonds is 4. The van der Waals surface area contributed by atoms with Crippen LogP contribution < -0.4 is 0 Å². The number of ether oxygens (including phenoxy) is 1. The maximum absolute atomic E-state index is 12.2. The van der Waals surface area contributed by atoms with E-state index in [0.717, 1.165) is 0 Å². The van der Waals surface area contributed by atoms with Crippen molar-refractivity contribution in [1.82, 2.24) is 15.3 Å². The summed E-state index contributed by atoms with van der Waals surface area (Å²) in [6.07, 6.45) is 1.39. The Morgan fingerprint density at radius 2 is 1.76 bits per heavy atom. The number of hydrogen-bond donors (Lipinski definition) is 1. The topological polar surface area (TPSA) is 102 Å². The van der Waals surface area contributed by atoms with E-state index in [1.54, 1.807) is 45.0 Å². The minimum atomic E-state index is -0.664. The SMILES string of the molecule is CC(C)(C)OC(=O)c1[nH]ncc1CON1C(=O)c2ccccc2C1=O. The van der Waals surface area contributed by atoms with Crippen molar-refractivity contribution in [3.8, 4) is 0 Å². The van der Waals surface area contributed by atoms with Crippen LogP contribution in [0.2, 0.25) is 0 Å². The van der Waals surface area contributed by atoms with Crippen LogP contribution in [0.5, 0.6) is 0 Å². The molecule has 8 heteroatoms. The Kier molecular flexibility index (Phi) is 4.13. The van der Waals surface area contributed by atoms with Crippen LogP contribution in [0.3, 0.4) is 0 Å². The molecule has 8 nitrogen and oxygen atoms in total. The minimum Gasteiger partial charge on any atom is -0.455 e. The average Bonchev–Trinajstić information content (AvgIpc) is 3.09. The zero-order valence-electron chi connectivity index (χ0n) is 14.0. The second kappa shape index (κ2) is 6.14. The lowest BCUT2D eigenvalue weighted by atomic mass is 10.1. The van der Waals surface area contributed by atoms with E-state index in [9.17, 15) is 14.4 Å². The van der Waals surface area contributed by atoms with E-state index in [1.807, 2.05) is 0 Å². The number of H-pyrrole nitrogens is 1. The van der Waals surface area contributed by atoms with E-state index < -0.39 is 23.4 Å². The smallest absolute Gasteiger partial charge is 0.357 e. The van der Waals surface area contributed by atoms with Crippen LogP contribution in [0.4, 0.5) is 0 Å². The Balaban J connectivity index is 1.72. The molecule has 0 aliphatic carbocycles. The molecule has 3 rings (SSSR count). The number of imide groups is 1. The highest BCUT2D eigenvalue weighted by Crippen LogP contribution is 2.23. The van der Waals surface area contributed by atoms with Gasteiger partial charge < -0.3 is 4.74 Å². The molecule has 1 aliphatic rings. The standard InChI is InChI=1S/C17H17N3O5/c1-17(2,3)25-16(23)13-10(8-18-19-13)9-24-20-14(21)11-6-4-5-7-12(11)15(20)22/h4-8H,9H2,1-3H3,(H,18,19). The number of esters is 1. The molecule has 1 N–H and O–H groups in total. The van der Waals surface area contributed by atoms with E-state index in [2.05, 4.69) is 10.2 Å². The molecule has 0 spiro atoms. The normalized spacial score (nSPS) is 14.0. The third-order valence-electron chi connectivity index (χ3n) is 3.43. The molecule has 2 heterocycles. The Morgan fingerprint density at radius 3 is 2.32 bits per heavy atom. The summed E-state index contributed by atoms with van der Waals surface area (Å²) in [5.74, 6) is -1.67. The predicted molar refractivity (Wildman–Crippen MR) is 85.5 cm³/mol. The van der Waals surface area contributed by atoms with E-state index in [0.29, 0.717) is 10.6 Å². The summed E-state index contributed by atoms with van der Waals surface area (Å²) in [6, 6.07) is 6.46. The van der Waals surface area contributed by atoms with E-state index in [-0.39, 0.29) is 23.4 Å². The van der Waals surface area contributed by atoms with Crippen LogP contribution in [-0.2, 0) is 16.2 Å². The number of nitrogens with zero attached hydrogens (tertiary/aromatic N) is 2. The number of carbonyl (C=O) groups excluding carboxylic acids is 3. The summed E-state index contributed by atoms with van der Waals surface area (Å²) in [5.41, 5.74) is 0.402. The average molecular weight is 343 g/mol. The lowest BCUT2D eigenvalue weighted by Crippen LogP contribution is -2.30. The molecule has 0 bridgehead atoms. The van der Waals surface area contributed by atoms with Gasteiger partial charge in [-0.2, -0.15) is 5.10 Å². The number of aromatic nitrogens is 2. The molecule has 130 valence electrons. The van der Waals surface area contributed by atoms with E-state index in [4.69, 9.17) is 9.57 Å². The zero-order valence-corrected chi connectivity index (χ0v) is 14.0. The first-order valence-electron chi connectivity index (χ1n) is 7.64. The number of nitrogens with one attached hydrogen (secondary N) is 1.